The molecule has 0 amide bonds. The highest BCUT2D eigenvalue weighted by Gasteiger charge is 2.19. The maximum absolute atomic E-state index is 9.98. The van der Waals surface area contributed by atoms with E-state index in [9.17, 15) is 5.11 Å². The predicted octanol–water partition coefficient (Wildman–Crippen LogP) is 3.50. The van der Waals surface area contributed by atoms with Crippen LogP contribution in [0, 0.1) is 0 Å². The van der Waals surface area contributed by atoms with Gasteiger partial charge in [0.2, 0.25) is 0 Å². The van der Waals surface area contributed by atoms with Crippen LogP contribution in [-0.2, 0) is 4.74 Å². The number of aliphatic hydroxyl groups is 1. The van der Waals surface area contributed by atoms with Crippen molar-refractivity contribution in [3.05, 3.63) is 20.8 Å². The lowest BCUT2D eigenvalue weighted by Gasteiger charge is -2.13. The van der Waals surface area contributed by atoms with Gasteiger partial charge in [-0.3, -0.25) is 0 Å². The van der Waals surface area contributed by atoms with Crippen LogP contribution in [0.5, 0.6) is 0 Å². The van der Waals surface area contributed by atoms with E-state index in [-0.39, 0.29) is 6.10 Å². The first kappa shape index (κ1) is 11.6. The summed E-state index contributed by atoms with van der Waals surface area (Å²) in [6.45, 7) is 0.892. The molecule has 2 rings (SSSR count). The first-order valence-electron chi connectivity index (χ1n) is 5.30. The summed E-state index contributed by atoms with van der Waals surface area (Å²) in [6, 6.07) is 1.98. The van der Waals surface area contributed by atoms with Crippen molar-refractivity contribution in [3.8, 4) is 0 Å². The number of aliphatic hydroxyl groups excluding tert-OH is 1. The molecule has 2 unspecified atom stereocenters. The Morgan fingerprint density at radius 2 is 2.53 bits per heavy atom. The Labute approximate surface area is 102 Å². The molecule has 1 N–H and O–H groups in total. The Hall–Kier alpha value is 0.100. The van der Waals surface area contributed by atoms with Gasteiger partial charge in [-0.2, -0.15) is 0 Å². The highest BCUT2D eigenvalue weighted by atomic mass is 79.9. The maximum Gasteiger partial charge on any atom is 0.0894 e. The standard InChI is InChI=1S/C11H15BrO2S/c12-9-5-7-15-11(9)10(13)4-3-8-2-1-6-14-8/h5,7-8,10,13H,1-4,6H2. The molecule has 1 fully saturated rings. The fraction of sp³-hybridized carbons (Fsp3) is 0.636. The molecular formula is C11H15BrO2S. The number of rotatable bonds is 4. The number of ether oxygens (including phenoxy) is 1. The van der Waals surface area contributed by atoms with Crippen molar-refractivity contribution in [1.82, 2.24) is 0 Å². The first-order valence-corrected chi connectivity index (χ1v) is 6.97. The van der Waals surface area contributed by atoms with E-state index >= 15 is 0 Å². The predicted molar refractivity (Wildman–Crippen MR) is 65.2 cm³/mol. The van der Waals surface area contributed by atoms with Gasteiger partial charge in [0.15, 0.2) is 0 Å². The Kier molecular flexibility index (Phi) is 4.20. The van der Waals surface area contributed by atoms with Gasteiger partial charge in [-0.05, 0) is 53.1 Å². The number of hydrogen-bond acceptors (Lipinski definition) is 3. The maximum atomic E-state index is 9.98. The molecule has 1 aliphatic heterocycles. The minimum atomic E-state index is -0.344. The molecule has 1 saturated heterocycles. The molecule has 1 aromatic rings. The molecule has 2 atom stereocenters. The molecule has 1 aliphatic rings. The topological polar surface area (TPSA) is 29.5 Å². The van der Waals surface area contributed by atoms with E-state index in [1.54, 1.807) is 11.3 Å². The van der Waals surface area contributed by atoms with Crippen molar-refractivity contribution in [2.75, 3.05) is 6.61 Å². The third-order valence-electron chi connectivity index (χ3n) is 2.73. The molecule has 4 heteroatoms. The van der Waals surface area contributed by atoms with Crippen LogP contribution >= 0.6 is 27.3 Å². The smallest absolute Gasteiger partial charge is 0.0894 e. The molecule has 0 bridgehead atoms. The molecule has 1 aromatic heterocycles. The van der Waals surface area contributed by atoms with Gasteiger partial charge in [0.25, 0.3) is 0 Å². The van der Waals surface area contributed by atoms with Crippen LogP contribution in [0.3, 0.4) is 0 Å². The van der Waals surface area contributed by atoms with Crippen molar-refractivity contribution in [2.45, 2.75) is 37.9 Å². The Morgan fingerprint density at radius 3 is 3.13 bits per heavy atom. The van der Waals surface area contributed by atoms with Crippen molar-refractivity contribution in [3.63, 3.8) is 0 Å². The van der Waals surface area contributed by atoms with E-state index in [0.717, 1.165) is 35.2 Å². The van der Waals surface area contributed by atoms with Gasteiger partial charge >= 0.3 is 0 Å². The van der Waals surface area contributed by atoms with Gasteiger partial charge < -0.3 is 9.84 Å². The van der Waals surface area contributed by atoms with E-state index in [0.29, 0.717) is 6.10 Å². The minimum Gasteiger partial charge on any atom is -0.388 e. The van der Waals surface area contributed by atoms with Gasteiger partial charge in [-0.15, -0.1) is 11.3 Å². The van der Waals surface area contributed by atoms with E-state index in [4.69, 9.17) is 4.74 Å². The summed E-state index contributed by atoms with van der Waals surface area (Å²) in [5.74, 6) is 0. The second-order valence-corrected chi connectivity index (χ2v) is 5.66. The molecule has 2 heterocycles. The van der Waals surface area contributed by atoms with Gasteiger partial charge in [0.05, 0.1) is 12.2 Å². The van der Waals surface area contributed by atoms with E-state index in [1.165, 1.54) is 6.42 Å². The summed E-state index contributed by atoms with van der Waals surface area (Å²) in [7, 11) is 0. The summed E-state index contributed by atoms with van der Waals surface area (Å²) in [5, 5.41) is 12.0. The normalized spacial score (nSPS) is 23.2. The monoisotopic (exact) mass is 290 g/mol. The zero-order chi connectivity index (χ0) is 10.7. The SMILES string of the molecule is OC(CCC1CCCO1)c1sccc1Br. The minimum absolute atomic E-state index is 0.344. The highest BCUT2D eigenvalue weighted by molar-refractivity contribution is 9.10. The summed E-state index contributed by atoms with van der Waals surface area (Å²) in [5.41, 5.74) is 0. The molecular weight excluding hydrogens is 276 g/mol. The van der Waals surface area contributed by atoms with Gasteiger partial charge in [-0.1, -0.05) is 0 Å². The molecule has 0 aromatic carbocycles. The fourth-order valence-electron chi connectivity index (χ4n) is 1.89. The van der Waals surface area contributed by atoms with Crippen molar-refractivity contribution < 1.29 is 9.84 Å². The van der Waals surface area contributed by atoms with Crippen molar-refractivity contribution in [2.24, 2.45) is 0 Å². The second kappa shape index (κ2) is 5.43. The second-order valence-electron chi connectivity index (χ2n) is 3.86. The van der Waals surface area contributed by atoms with Crippen molar-refractivity contribution >= 4 is 27.3 Å². The van der Waals surface area contributed by atoms with E-state index < -0.39 is 0 Å². The molecule has 2 nitrogen and oxygen atoms in total. The lowest BCUT2D eigenvalue weighted by atomic mass is 10.1. The summed E-state index contributed by atoms with van der Waals surface area (Å²) in [6.07, 6.45) is 4.11. The molecule has 0 aliphatic carbocycles. The quantitative estimate of drug-likeness (QED) is 0.920. The zero-order valence-electron chi connectivity index (χ0n) is 8.49. The van der Waals surface area contributed by atoms with Gasteiger partial charge in [-0.25, -0.2) is 0 Å². The number of thiophene rings is 1. The summed E-state index contributed by atoms with van der Waals surface area (Å²) >= 11 is 5.04. The number of hydrogen-bond donors (Lipinski definition) is 1. The number of halogens is 1. The largest absolute Gasteiger partial charge is 0.388 e. The fourth-order valence-corrected chi connectivity index (χ4v) is 3.55. The van der Waals surface area contributed by atoms with E-state index in [1.807, 2.05) is 11.4 Å². The molecule has 15 heavy (non-hydrogen) atoms. The Morgan fingerprint density at radius 1 is 1.67 bits per heavy atom. The third kappa shape index (κ3) is 3.03. The molecule has 0 radical (unpaired) electrons. The van der Waals surface area contributed by atoms with Gasteiger partial charge in [0, 0.05) is 16.0 Å². The summed E-state index contributed by atoms with van der Waals surface area (Å²) < 4.78 is 6.55. The van der Waals surface area contributed by atoms with Crippen LogP contribution in [0.2, 0.25) is 0 Å². The lowest BCUT2D eigenvalue weighted by molar-refractivity contribution is 0.0819. The zero-order valence-corrected chi connectivity index (χ0v) is 10.9. The van der Waals surface area contributed by atoms with E-state index in [2.05, 4.69) is 15.9 Å². The Bertz CT molecular complexity index is 307. The molecule has 0 saturated carbocycles. The highest BCUT2D eigenvalue weighted by Crippen LogP contribution is 2.32. The third-order valence-corrected chi connectivity index (χ3v) is 4.71. The summed E-state index contributed by atoms with van der Waals surface area (Å²) in [4.78, 5) is 1.04. The van der Waals surface area contributed by atoms with Crippen molar-refractivity contribution in [1.29, 1.82) is 0 Å². The van der Waals surface area contributed by atoms with Crippen LogP contribution in [0.15, 0.2) is 15.9 Å². The van der Waals surface area contributed by atoms with Crippen LogP contribution < -0.4 is 0 Å². The van der Waals surface area contributed by atoms with Gasteiger partial charge in [0.1, 0.15) is 0 Å². The molecule has 84 valence electrons. The van der Waals surface area contributed by atoms with Crippen LogP contribution in [-0.4, -0.2) is 17.8 Å². The average Bonchev–Trinajstić information content (AvgIpc) is 2.84. The van der Waals surface area contributed by atoms with Crippen LogP contribution in [0.25, 0.3) is 0 Å². The first-order chi connectivity index (χ1) is 7.27. The Balaban J connectivity index is 1.81. The molecule has 0 spiro atoms. The van der Waals surface area contributed by atoms with Crippen LogP contribution in [0.1, 0.15) is 36.7 Å². The van der Waals surface area contributed by atoms with Crippen LogP contribution in [0.4, 0.5) is 0 Å². The lowest BCUT2D eigenvalue weighted by Crippen LogP contribution is -2.07. The average molecular weight is 291 g/mol.